The summed E-state index contributed by atoms with van der Waals surface area (Å²) in [5.74, 6) is 0.516. The molecule has 0 radical (unpaired) electrons. The molecule has 18 heavy (non-hydrogen) atoms. The molecule has 0 heterocycles. The highest BCUT2D eigenvalue weighted by Gasteiger charge is 2.01. The molecule has 0 unspecified atom stereocenters. The van der Waals surface area contributed by atoms with Gasteiger partial charge in [0.2, 0.25) is 0 Å². The third kappa shape index (κ3) is 3.31. The number of halogens is 1. The van der Waals surface area contributed by atoms with Gasteiger partial charge in [-0.05, 0) is 30.8 Å². The first-order valence-electron chi connectivity index (χ1n) is 5.89. The number of rotatable bonds is 5. The molecule has 2 rings (SSSR count). The molecule has 0 saturated heterocycles. The Balaban J connectivity index is 1.96. The molecule has 0 aliphatic rings. The second kappa shape index (κ2) is 6.17. The number of hydrogen-bond donors (Lipinski definition) is 1. The Hall–Kier alpha value is -1.87. The van der Waals surface area contributed by atoms with Crippen LogP contribution in [0.4, 0.5) is 4.39 Å². The summed E-state index contributed by atoms with van der Waals surface area (Å²) in [6.45, 7) is 1.08. The Morgan fingerprint density at radius 1 is 1.06 bits per heavy atom. The molecule has 2 aromatic carbocycles. The van der Waals surface area contributed by atoms with Crippen LogP contribution in [0.5, 0.6) is 5.75 Å². The van der Waals surface area contributed by atoms with Crippen LogP contribution in [0.25, 0.3) is 0 Å². The summed E-state index contributed by atoms with van der Waals surface area (Å²) in [6.07, 6.45) is 0. The highest BCUT2D eigenvalue weighted by atomic mass is 19.1. The van der Waals surface area contributed by atoms with Gasteiger partial charge in [0.1, 0.15) is 18.2 Å². The summed E-state index contributed by atoms with van der Waals surface area (Å²) in [5, 5.41) is 3.08. The molecule has 0 aliphatic heterocycles. The molecule has 0 amide bonds. The fraction of sp³-hybridized carbons (Fsp3) is 0.200. The van der Waals surface area contributed by atoms with Crippen molar-refractivity contribution in [2.24, 2.45) is 0 Å². The summed E-state index contributed by atoms with van der Waals surface area (Å²) < 4.78 is 18.9. The van der Waals surface area contributed by atoms with Crippen molar-refractivity contribution in [3.05, 3.63) is 65.5 Å². The van der Waals surface area contributed by atoms with Crippen LogP contribution in [0.2, 0.25) is 0 Å². The highest BCUT2D eigenvalue weighted by molar-refractivity contribution is 5.27. The van der Waals surface area contributed by atoms with E-state index in [1.54, 1.807) is 18.2 Å². The molecule has 0 fully saturated rings. The fourth-order valence-electron chi connectivity index (χ4n) is 1.68. The van der Waals surface area contributed by atoms with Crippen molar-refractivity contribution >= 4 is 0 Å². The lowest BCUT2D eigenvalue weighted by molar-refractivity contribution is 0.300. The average Bonchev–Trinajstić information content (AvgIpc) is 2.40. The quantitative estimate of drug-likeness (QED) is 0.873. The van der Waals surface area contributed by atoms with E-state index in [0.29, 0.717) is 5.56 Å². The molecule has 94 valence electrons. The molecule has 0 spiro atoms. The van der Waals surface area contributed by atoms with Gasteiger partial charge in [0.15, 0.2) is 0 Å². The minimum absolute atomic E-state index is 0.232. The standard InChI is InChI=1S/C15H16FNO/c1-17-10-12-6-8-14(9-7-12)18-11-13-4-2-3-5-15(13)16/h2-9,17H,10-11H2,1H3. The van der Waals surface area contributed by atoms with Crippen LogP contribution in [0.15, 0.2) is 48.5 Å². The molecule has 0 aliphatic carbocycles. The zero-order chi connectivity index (χ0) is 12.8. The number of benzene rings is 2. The minimum atomic E-state index is -0.232. The van der Waals surface area contributed by atoms with Gasteiger partial charge in [0.05, 0.1) is 0 Å². The lowest BCUT2D eigenvalue weighted by Gasteiger charge is -2.08. The van der Waals surface area contributed by atoms with E-state index in [9.17, 15) is 4.39 Å². The van der Waals surface area contributed by atoms with Crippen LogP contribution in [0.3, 0.4) is 0 Å². The van der Waals surface area contributed by atoms with Gasteiger partial charge in [0.25, 0.3) is 0 Å². The zero-order valence-corrected chi connectivity index (χ0v) is 10.3. The van der Waals surface area contributed by atoms with Gasteiger partial charge in [0, 0.05) is 12.1 Å². The topological polar surface area (TPSA) is 21.3 Å². The van der Waals surface area contributed by atoms with E-state index in [4.69, 9.17) is 4.74 Å². The predicted octanol–water partition coefficient (Wildman–Crippen LogP) is 3.12. The van der Waals surface area contributed by atoms with Crippen molar-refractivity contribution in [2.45, 2.75) is 13.2 Å². The van der Waals surface area contributed by atoms with Crippen LogP contribution in [0.1, 0.15) is 11.1 Å². The largest absolute Gasteiger partial charge is 0.489 e. The molecule has 2 nitrogen and oxygen atoms in total. The first-order valence-corrected chi connectivity index (χ1v) is 5.89. The van der Waals surface area contributed by atoms with Crippen LogP contribution >= 0.6 is 0 Å². The van der Waals surface area contributed by atoms with Crippen LogP contribution < -0.4 is 10.1 Å². The van der Waals surface area contributed by atoms with E-state index in [2.05, 4.69) is 5.32 Å². The molecule has 0 atom stereocenters. The molecule has 0 saturated carbocycles. The minimum Gasteiger partial charge on any atom is -0.489 e. The zero-order valence-electron chi connectivity index (χ0n) is 10.3. The maximum Gasteiger partial charge on any atom is 0.129 e. The van der Waals surface area contributed by atoms with E-state index in [-0.39, 0.29) is 12.4 Å². The summed E-state index contributed by atoms with van der Waals surface area (Å²) in [4.78, 5) is 0. The Labute approximate surface area is 106 Å². The smallest absolute Gasteiger partial charge is 0.129 e. The lowest BCUT2D eigenvalue weighted by atomic mass is 10.2. The van der Waals surface area contributed by atoms with Crippen molar-refractivity contribution in [1.82, 2.24) is 5.32 Å². The number of hydrogen-bond acceptors (Lipinski definition) is 2. The Morgan fingerprint density at radius 3 is 2.44 bits per heavy atom. The fourth-order valence-corrected chi connectivity index (χ4v) is 1.68. The summed E-state index contributed by atoms with van der Waals surface area (Å²) >= 11 is 0. The first kappa shape index (κ1) is 12.6. The van der Waals surface area contributed by atoms with Gasteiger partial charge in [-0.1, -0.05) is 30.3 Å². The van der Waals surface area contributed by atoms with E-state index in [0.717, 1.165) is 12.3 Å². The SMILES string of the molecule is CNCc1ccc(OCc2ccccc2F)cc1. The van der Waals surface area contributed by atoms with Gasteiger partial charge < -0.3 is 10.1 Å². The molecule has 0 bridgehead atoms. The van der Waals surface area contributed by atoms with Crippen molar-refractivity contribution in [1.29, 1.82) is 0 Å². The number of ether oxygens (including phenoxy) is 1. The third-order valence-corrected chi connectivity index (χ3v) is 2.66. The highest BCUT2D eigenvalue weighted by Crippen LogP contribution is 2.15. The lowest BCUT2D eigenvalue weighted by Crippen LogP contribution is -2.04. The van der Waals surface area contributed by atoms with Crippen molar-refractivity contribution in [3.63, 3.8) is 0 Å². The van der Waals surface area contributed by atoms with Gasteiger partial charge in [-0.2, -0.15) is 0 Å². The summed E-state index contributed by atoms with van der Waals surface area (Å²) in [7, 11) is 1.91. The summed E-state index contributed by atoms with van der Waals surface area (Å²) in [5.41, 5.74) is 1.76. The molecule has 1 N–H and O–H groups in total. The average molecular weight is 245 g/mol. The van der Waals surface area contributed by atoms with Gasteiger partial charge >= 0.3 is 0 Å². The third-order valence-electron chi connectivity index (χ3n) is 2.66. The molecular weight excluding hydrogens is 229 g/mol. The summed E-state index contributed by atoms with van der Waals surface area (Å²) in [6, 6.07) is 14.4. The first-order chi connectivity index (χ1) is 8.79. The Morgan fingerprint density at radius 2 is 1.78 bits per heavy atom. The van der Waals surface area contributed by atoms with E-state index >= 15 is 0 Å². The maximum absolute atomic E-state index is 13.4. The Bertz CT molecular complexity index is 496. The van der Waals surface area contributed by atoms with Crippen LogP contribution in [-0.2, 0) is 13.2 Å². The Kier molecular flexibility index (Phi) is 4.31. The van der Waals surface area contributed by atoms with Crippen LogP contribution in [-0.4, -0.2) is 7.05 Å². The molecule has 0 aromatic heterocycles. The monoisotopic (exact) mass is 245 g/mol. The predicted molar refractivity (Wildman–Crippen MR) is 69.9 cm³/mol. The molecular formula is C15H16FNO. The van der Waals surface area contributed by atoms with E-state index < -0.39 is 0 Å². The second-order valence-electron chi connectivity index (χ2n) is 4.05. The normalized spacial score (nSPS) is 10.3. The van der Waals surface area contributed by atoms with E-state index in [1.807, 2.05) is 31.3 Å². The van der Waals surface area contributed by atoms with E-state index in [1.165, 1.54) is 11.6 Å². The number of nitrogens with one attached hydrogen (secondary N) is 1. The van der Waals surface area contributed by atoms with Crippen molar-refractivity contribution in [2.75, 3.05) is 7.05 Å². The van der Waals surface area contributed by atoms with Gasteiger partial charge in [-0.15, -0.1) is 0 Å². The van der Waals surface area contributed by atoms with Crippen LogP contribution in [0, 0.1) is 5.82 Å². The second-order valence-corrected chi connectivity index (χ2v) is 4.05. The van der Waals surface area contributed by atoms with Gasteiger partial charge in [-0.25, -0.2) is 4.39 Å². The van der Waals surface area contributed by atoms with Crippen molar-refractivity contribution in [3.8, 4) is 5.75 Å². The molecule has 2 aromatic rings. The van der Waals surface area contributed by atoms with Gasteiger partial charge in [-0.3, -0.25) is 0 Å². The molecule has 3 heteroatoms. The maximum atomic E-state index is 13.4. The van der Waals surface area contributed by atoms with Crippen molar-refractivity contribution < 1.29 is 9.13 Å².